The molecule has 0 atom stereocenters. The van der Waals surface area contributed by atoms with Crippen LogP contribution >= 0.6 is 27.5 Å². The van der Waals surface area contributed by atoms with E-state index in [4.69, 9.17) is 16.3 Å². The molecule has 1 saturated heterocycles. The van der Waals surface area contributed by atoms with Crippen LogP contribution in [0.1, 0.15) is 11.1 Å². The van der Waals surface area contributed by atoms with E-state index in [0.717, 1.165) is 14.9 Å². The molecule has 0 bridgehead atoms. The highest BCUT2D eigenvalue weighted by Crippen LogP contribution is 2.29. The first kappa shape index (κ1) is 21.8. The van der Waals surface area contributed by atoms with Gasteiger partial charge in [0.25, 0.3) is 11.8 Å². The lowest BCUT2D eigenvalue weighted by Gasteiger charge is -2.26. The molecule has 32 heavy (non-hydrogen) atoms. The lowest BCUT2D eigenvalue weighted by Crippen LogP contribution is -2.54. The molecule has 4 amide bonds. The van der Waals surface area contributed by atoms with Crippen LogP contribution in [0.15, 0.2) is 82.8 Å². The van der Waals surface area contributed by atoms with Crippen LogP contribution in [0.4, 0.5) is 10.5 Å². The van der Waals surface area contributed by atoms with Crippen LogP contribution < -0.4 is 15.0 Å². The molecule has 4 rings (SSSR count). The molecule has 1 aliphatic rings. The van der Waals surface area contributed by atoms with Crippen molar-refractivity contribution in [3.8, 4) is 5.75 Å². The summed E-state index contributed by atoms with van der Waals surface area (Å²) in [7, 11) is 0. The third-order valence-corrected chi connectivity index (χ3v) is 5.44. The number of barbiturate groups is 1. The van der Waals surface area contributed by atoms with Gasteiger partial charge in [0.1, 0.15) is 17.9 Å². The van der Waals surface area contributed by atoms with E-state index in [0.29, 0.717) is 28.6 Å². The number of urea groups is 1. The molecule has 3 aromatic rings. The summed E-state index contributed by atoms with van der Waals surface area (Å²) in [5, 5.41) is 2.67. The van der Waals surface area contributed by atoms with Crippen molar-refractivity contribution in [2.75, 3.05) is 4.90 Å². The van der Waals surface area contributed by atoms with Crippen LogP contribution in [0, 0.1) is 0 Å². The lowest BCUT2D eigenvalue weighted by molar-refractivity contribution is -0.122. The number of anilines is 1. The monoisotopic (exact) mass is 510 g/mol. The van der Waals surface area contributed by atoms with Crippen molar-refractivity contribution in [3.63, 3.8) is 0 Å². The molecule has 0 radical (unpaired) electrons. The number of halogens is 2. The van der Waals surface area contributed by atoms with Crippen molar-refractivity contribution in [3.05, 3.63) is 99.0 Å². The van der Waals surface area contributed by atoms with Crippen molar-refractivity contribution in [2.45, 2.75) is 6.61 Å². The number of hydrogen-bond donors (Lipinski definition) is 1. The number of carbonyl (C=O) groups excluding carboxylic acids is 3. The number of amides is 4. The zero-order valence-electron chi connectivity index (χ0n) is 16.5. The number of ether oxygens (including phenoxy) is 1. The van der Waals surface area contributed by atoms with Gasteiger partial charge in [0, 0.05) is 15.1 Å². The Morgan fingerprint density at radius 1 is 0.969 bits per heavy atom. The summed E-state index contributed by atoms with van der Waals surface area (Å²) in [5.74, 6) is -1.03. The summed E-state index contributed by atoms with van der Waals surface area (Å²) < 4.78 is 6.67. The van der Waals surface area contributed by atoms with E-state index < -0.39 is 17.8 Å². The Morgan fingerprint density at radius 3 is 2.41 bits per heavy atom. The number of imide groups is 2. The zero-order chi connectivity index (χ0) is 22.7. The lowest BCUT2D eigenvalue weighted by atomic mass is 10.1. The molecule has 0 saturated carbocycles. The second-order valence-electron chi connectivity index (χ2n) is 6.89. The van der Waals surface area contributed by atoms with E-state index in [2.05, 4.69) is 21.2 Å². The average molecular weight is 512 g/mol. The van der Waals surface area contributed by atoms with Gasteiger partial charge in [-0.2, -0.15) is 0 Å². The predicted molar refractivity (Wildman–Crippen MR) is 125 cm³/mol. The molecule has 0 spiro atoms. The molecule has 0 unspecified atom stereocenters. The maximum absolute atomic E-state index is 13.1. The molecular formula is C24H16BrClN2O4. The molecule has 6 nitrogen and oxygen atoms in total. The van der Waals surface area contributed by atoms with Crippen LogP contribution in [0.3, 0.4) is 0 Å². The maximum Gasteiger partial charge on any atom is 0.335 e. The largest absolute Gasteiger partial charge is 0.488 e. The van der Waals surface area contributed by atoms with Gasteiger partial charge in [-0.3, -0.25) is 14.9 Å². The van der Waals surface area contributed by atoms with E-state index in [9.17, 15) is 14.4 Å². The Kier molecular flexibility index (Phi) is 6.39. The fourth-order valence-electron chi connectivity index (χ4n) is 3.14. The topological polar surface area (TPSA) is 75.7 Å². The van der Waals surface area contributed by atoms with Gasteiger partial charge in [-0.15, -0.1) is 0 Å². The van der Waals surface area contributed by atoms with Crippen molar-refractivity contribution in [1.82, 2.24) is 5.32 Å². The van der Waals surface area contributed by atoms with Crippen molar-refractivity contribution < 1.29 is 19.1 Å². The molecule has 160 valence electrons. The third kappa shape index (κ3) is 4.74. The first-order chi connectivity index (χ1) is 15.4. The molecule has 0 aromatic heterocycles. The molecule has 1 heterocycles. The molecule has 0 aliphatic carbocycles. The molecular weight excluding hydrogens is 496 g/mol. The second kappa shape index (κ2) is 9.38. The van der Waals surface area contributed by atoms with Gasteiger partial charge >= 0.3 is 6.03 Å². The van der Waals surface area contributed by atoms with Crippen molar-refractivity contribution in [1.29, 1.82) is 0 Å². The normalized spacial score (nSPS) is 15.1. The standard InChI is InChI=1S/C24H16BrClN2O4/c25-17-6-11-21(32-14-15-4-2-1-3-5-15)16(12-17)13-20-22(29)27-24(31)28(23(20)30)19-9-7-18(26)8-10-19/h1-13H,14H2,(H,27,29,31)/b20-13+. The van der Waals surface area contributed by atoms with E-state index in [1.165, 1.54) is 18.2 Å². The number of nitrogens with one attached hydrogen (secondary N) is 1. The van der Waals surface area contributed by atoms with Crippen LogP contribution in [0.5, 0.6) is 5.75 Å². The Bertz CT molecular complexity index is 1230. The highest BCUT2D eigenvalue weighted by molar-refractivity contribution is 9.10. The Balaban J connectivity index is 1.67. The average Bonchev–Trinajstić information content (AvgIpc) is 2.78. The summed E-state index contributed by atoms with van der Waals surface area (Å²) >= 11 is 9.31. The third-order valence-electron chi connectivity index (χ3n) is 4.70. The van der Waals surface area contributed by atoms with Crippen molar-refractivity contribution >= 4 is 57.1 Å². The Morgan fingerprint density at radius 2 is 1.69 bits per heavy atom. The summed E-state index contributed by atoms with van der Waals surface area (Å²) in [4.78, 5) is 38.9. The first-order valence-corrected chi connectivity index (χ1v) is 10.7. The van der Waals surface area contributed by atoms with Gasteiger partial charge in [0.15, 0.2) is 0 Å². The van der Waals surface area contributed by atoms with Crippen LogP contribution in [0.25, 0.3) is 6.08 Å². The van der Waals surface area contributed by atoms with Gasteiger partial charge < -0.3 is 4.74 Å². The fraction of sp³-hybridized carbons (Fsp3) is 0.0417. The van der Waals surface area contributed by atoms with Gasteiger partial charge in [0.2, 0.25) is 0 Å². The maximum atomic E-state index is 13.1. The smallest absolute Gasteiger partial charge is 0.335 e. The van der Waals surface area contributed by atoms with Gasteiger partial charge in [-0.25, -0.2) is 9.69 Å². The summed E-state index contributed by atoms with van der Waals surface area (Å²) in [6, 6.07) is 20.2. The van der Waals surface area contributed by atoms with E-state index in [-0.39, 0.29) is 5.57 Å². The second-order valence-corrected chi connectivity index (χ2v) is 8.24. The van der Waals surface area contributed by atoms with Gasteiger partial charge in [-0.05, 0) is 54.1 Å². The summed E-state index contributed by atoms with van der Waals surface area (Å²) in [5.41, 5.74) is 1.59. The van der Waals surface area contributed by atoms with Gasteiger partial charge in [0.05, 0.1) is 5.69 Å². The number of hydrogen-bond acceptors (Lipinski definition) is 4. The predicted octanol–water partition coefficient (Wildman–Crippen LogP) is 5.35. The minimum Gasteiger partial charge on any atom is -0.488 e. The number of nitrogens with zero attached hydrogens (tertiary/aromatic N) is 1. The SMILES string of the molecule is O=C1NC(=O)N(c2ccc(Cl)cc2)C(=O)/C1=C/c1cc(Br)ccc1OCc1ccccc1. The minimum absolute atomic E-state index is 0.192. The minimum atomic E-state index is -0.825. The van der Waals surface area contributed by atoms with Crippen molar-refractivity contribution in [2.24, 2.45) is 0 Å². The molecule has 1 N–H and O–H groups in total. The van der Waals surface area contributed by atoms with E-state index in [1.807, 2.05) is 30.3 Å². The Labute approximate surface area is 197 Å². The summed E-state index contributed by atoms with van der Waals surface area (Å²) in [6.45, 7) is 0.314. The van der Waals surface area contributed by atoms with Crippen LogP contribution in [0.2, 0.25) is 5.02 Å². The molecule has 3 aromatic carbocycles. The fourth-order valence-corrected chi connectivity index (χ4v) is 3.64. The molecule has 1 fully saturated rings. The highest BCUT2D eigenvalue weighted by Gasteiger charge is 2.37. The number of benzene rings is 3. The zero-order valence-corrected chi connectivity index (χ0v) is 18.9. The van der Waals surface area contributed by atoms with Crippen LogP contribution in [-0.4, -0.2) is 17.8 Å². The van der Waals surface area contributed by atoms with E-state index >= 15 is 0 Å². The highest BCUT2D eigenvalue weighted by atomic mass is 79.9. The quantitative estimate of drug-likeness (QED) is 0.370. The molecule has 1 aliphatic heterocycles. The number of rotatable bonds is 5. The molecule has 8 heteroatoms. The number of carbonyl (C=O) groups is 3. The van der Waals surface area contributed by atoms with Crippen LogP contribution in [-0.2, 0) is 16.2 Å². The van der Waals surface area contributed by atoms with E-state index in [1.54, 1.807) is 30.3 Å². The Hall–Kier alpha value is -3.42. The first-order valence-electron chi connectivity index (χ1n) is 9.55. The van der Waals surface area contributed by atoms with Gasteiger partial charge in [-0.1, -0.05) is 57.9 Å². The summed E-state index contributed by atoms with van der Waals surface area (Å²) in [6.07, 6.45) is 1.41.